The quantitative estimate of drug-likeness (QED) is 0.114. The zero-order chi connectivity index (χ0) is 80.9. The van der Waals surface area contributed by atoms with Crippen LogP contribution in [0.5, 0.6) is 0 Å². The van der Waals surface area contributed by atoms with Gasteiger partial charge in [0.25, 0.3) is 6.71 Å². The Bertz CT molecular complexity index is 6860. The minimum Gasteiger partial charge on any atom is -0.311 e. The summed E-state index contributed by atoms with van der Waals surface area (Å²) in [5.41, 5.74) is 26.9. The second-order valence-corrected chi connectivity index (χ2v) is 31.2. The maximum absolute atomic E-state index is 9.87. The van der Waals surface area contributed by atoms with Crippen LogP contribution in [0.15, 0.2) is 376 Å². The Balaban J connectivity index is 0.941. The third-order valence-electron chi connectivity index (χ3n) is 22.3. The van der Waals surface area contributed by atoms with E-state index in [0.29, 0.717) is 5.69 Å². The second-order valence-electron chi connectivity index (χ2n) is 31.2. The van der Waals surface area contributed by atoms with E-state index in [1.54, 1.807) is 4.57 Å². The third kappa shape index (κ3) is 11.3. The van der Waals surface area contributed by atoms with E-state index in [-0.39, 0.29) is 44.7 Å². The fourth-order valence-electron chi connectivity index (χ4n) is 17.0. The largest absolute Gasteiger partial charge is 0.311 e. The Morgan fingerprint density at radius 2 is 0.636 bits per heavy atom. The maximum Gasteiger partial charge on any atom is 0.252 e. The van der Waals surface area contributed by atoms with E-state index in [1.807, 2.05) is 18.2 Å². The van der Waals surface area contributed by atoms with Gasteiger partial charge in [0.2, 0.25) is 0 Å². The molecule has 0 N–H and O–H groups in total. The molecule has 0 saturated carbocycles. The molecule has 0 unspecified atom stereocenters. The van der Waals surface area contributed by atoms with Crippen molar-refractivity contribution < 1.29 is 11.0 Å². The van der Waals surface area contributed by atoms with E-state index in [2.05, 4.69) is 370 Å². The number of hydrogen-bond acceptors (Lipinski definition) is 3. The number of rotatable bonds is 12. The number of hydrogen-bond donors (Lipinski definition) is 0. The highest BCUT2D eigenvalue weighted by Crippen LogP contribution is 2.51. The molecule has 2 aliphatic heterocycles. The molecule has 6 heteroatoms. The number of aromatic nitrogens is 2. The summed E-state index contributed by atoms with van der Waals surface area (Å²) in [6.07, 6.45) is 0. The maximum atomic E-state index is 9.87. The van der Waals surface area contributed by atoms with E-state index >= 15 is 0 Å². The molecule has 2 aliphatic rings. The van der Waals surface area contributed by atoms with Crippen LogP contribution in [0.1, 0.15) is 63.6 Å². The fourth-order valence-corrected chi connectivity index (χ4v) is 17.0. The number of para-hydroxylation sites is 5. The molecule has 0 radical (unpaired) electrons. The summed E-state index contributed by atoms with van der Waals surface area (Å²) < 4.78 is 79.8. The first-order valence-corrected chi connectivity index (χ1v) is 37.8. The molecule has 4 heterocycles. The van der Waals surface area contributed by atoms with Crippen LogP contribution >= 0.6 is 0 Å². The van der Waals surface area contributed by atoms with Crippen LogP contribution in [-0.4, -0.2) is 15.8 Å². The number of benzene rings is 16. The molecule has 110 heavy (non-hydrogen) atoms. The van der Waals surface area contributed by atoms with Crippen molar-refractivity contribution >= 4 is 118 Å². The molecule has 0 atom stereocenters. The Morgan fingerprint density at radius 3 is 1.07 bits per heavy atom. The van der Waals surface area contributed by atoms with Gasteiger partial charge in [0, 0.05) is 84.1 Å². The lowest BCUT2D eigenvalue weighted by molar-refractivity contribution is 0.569. The lowest BCUT2D eigenvalue weighted by atomic mass is 9.33. The van der Waals surface area contributed by atoms with Crippen LogP contribution in [-0.2, 0) is 10.8 Å². The van der Waals surface area contributed by atoms with Crippen molar-refractivity contribution in [2.75, 3.05) is 14.7 Å². The van der Waals surface area contributed by atoms with Crippen molar-refractivity contribution in [3.05, 3.63) is 387 Å². The number of anilines is 9. The van der Waals surface area contributed by atoms with E-state index < -0.39 is 43.0 Å². The molecule has 0 saturated heterocycles. The van der Waals surface area contributed by atoms with Crippen LogP contribution < -0.4 is 31.1 Å². The smallest absolute Gasteiger partial charge is 0.252 e. The van der Waals surface area contributed by atoms with Crippen LogP contribution in [0.2, 0.25) is 0 Å². The average molecular weight is 1420 g/mol. The molecule has 0 fully saturated rings. The van der Waals surface area contributed by atoms with Crippen molar-refractivity contribution in [1.82, 2.24) is 9.13 Å². The van der Waals surface area contributed by atoms with Crippen LogP contribution in [0.25, 0.3) is 111 Å². The summed E-state index contributed by atoms with van der Waals surface area (Å²) in [6, 6.07) is 114. The normalized spacial score (nSPS) is 13.6. The van der Waals surface area contributed by atoms with Crippen LogP contribution in [0.4, 0.5) is 51.2 Å². The average Bonchev–Trinajstić information content (AvgIpc) is 0.891. The van der Waals surface area contributed by atoms with Gasteiger partial charge >= 0.3 is 0 Å². The number of fused-ring (bicyclic) bond motifs is 10. The second kappa shape index (κ2) is 26.2. The summed E-state index contributed by atoms with van der Waals surface area (Å²) in [4.78, 5) is 7.24. The van der Waals surface area contributed by atoms with Gasteiger partial charge in [0.05, 0.1) is 33.0 Å². The summed E-state index contributed by atoms with van der Waals surface area (Å²) in [5, 5.41) is 2.20. The van der Waals surface area contributed by atoms with Gasteiger partial charge in [-0.25, -0.2) is 0 Å². The molecule has 2 aromatic heterocycles. The summed E-state index contributed by atoms with van der Waals surface area (Å²) in [6.45, 7) is 13.2. The monoisotopic (exact) mass is 1420 g/mol. The first kappa shape index (κ1) is 57.8. The molecule has 20 rings (SSSR count). The molecule has 0 bridgehead atoms. The van der Waals surface area contributed by atoms with E-state index in [4.69, 9.17) is 2.74 Å². The van der Waals surface area contributed by atoms with Crippen LogP contribution in [0, 0.1) is 0 Å². The Hall–Kier alpha value is -13.4. The van der Waals surface area contributed by atoms with Gasteiger partial charge in [-0.05, 0) is 227 Å². The van der Waals surface area contributed by atoms with Crippen molar-refractivity contribution in [1.29, 1.82) is 0 Å². The fraction of sp³-hybridized carbons (Fsp3) is 0.0769. The van der Waals surface area contributed by atoms with Gasteiger partial charge in [-0.2, -0.15) is 0 Å². The predicted molar refractivity (Wildman–Crippen MR) is 468 cm³/mol. The Labute approximate surface area is 655 Å². The van der Waals surface area contributed by atoms with Crippen LogP contribution in [0.3, 0.4) is 0 Å². The summed E-state index contributed by atoms with van der Waals surface area (Å²) in [5.74, 6) is 0. The first-order valence-electron chi connectivity index (χ1n) is 41.8. The highest BCUT2D eigenvalue weighted by molar-refractivity contribution is 7.00. The minimum absolute atomic E-state index is 0.00581. The van der Waals surface area contributed by atoms with Gasteiger partial charge in [-0.1, -0.05) is 284 Å². The van der Waals surface area contributed by atoms with E-state index in [1.165, 1.54) is 11.1 Å². The predicted octanol–water partition coefficient (Wildman–Crippen LogP) is 26.4. The van der Waals surface area contributed by atoms with Gasteiger partial charge in [-0.3, -0.25) is 0 Å². The minimum atomic E-state index is -0.516. The Kier molecular flexibility index (Phi) is 13.8. The highest BCUT2D eigenvalue weighted by atomic mass is 15.2. The Morgan fingerprint density at radius 1 is 0.264 bits per heavy atom. The molecule has 18 aromatic rings. The zero-order valence-electron chi connectivity index (χ0n) is 70.0. The van der Waals surface area contributed by atoms with Crippen molar-refractivity contribution in [2.45, 2.75) is 52.4 Å². The van der Waals surface area contributed by atoms with Gasteiger partial charge in [0.15, 0.2) is 0 Å². The van der Waals surface area contributed by atoms with Crippen molar-refractivity contribution in [3.8, 4) is 67.0 Å². The van der Waals surface area contributed by atoms with E-state index in [9.17, 15) is 8.22 Å². The molecule has 524 valence electrons. The van der Waals surface area contributed by atoms with E-state index in [0.717, 1.165) is 151 Å². The van der Waals surface area contributed by atoms with Gasteiger partial charge < -0.3 is 23.8 Å². The van der Waals surface area contributed by atoms with Crippen molar-refractivity contribution in [2.24, 2.45) is 0 Å². The third-order valence-corrected chi connectivity index (χ3v) is 22.3. The molecular weight excluding hydrogens is 1330 g/mol. The number of nitrogens with zero attached hydrogens (tertiary/aromatic N) is 5. The van der Waals surface area contributed by atoms with Gasteiger partial charge in [0.1, 0.15) is 0 Å². The molecule has 0 spiro atoms. The van der Waals surface area contributed by atoms with Crippen molar-refractivity contribution in [3.63, 3.8) is 0 Å². The van der Waals surface area contributed by atoms with Gasteiger partial charge in [-0.15, -0.1) is 0 Å². The summed E-state index contributed by atoms with van der Waals surface area (Å²) in [7, 11) is 0. The summed E-state index contributed by atoms with van der Waals surface area (Å²) >= 11 is 0. The molecule has 5 nitrogen and oxygen atoms in total. The molecular formula is C104H80BN5. The standard InChI is InChI=1S/C104H80BN5/c1-103(2,3)79-57-77(58-80(65-79)104(4,5)6)78-63-100-102-101(64-78)110(87-61-75(71-35-17-9-18-36-71)56-76(62-87)72-37-19-10-20-38-72)99-68-85(108-96-48-30-27-45-90(96)91-66-83(51-54-97(91)108)106(81-39-21-11-22-40-81)82-41-23-12-24-42-82)50-53-93(99)105(102)92-52-49-84(107-94-46-28-25-43-88(94)89-44-26-29-47-95(89)107)67-98(92)109(100)86-59-73(69-31-13-7-14-32-69)55-74(60-86)70-33-15-8-16-34-70/h7-68H,1-6H3/i25D,26D,28D,29D,43D,44D,46D,47D. The topological polar surface area (TPSA) is 19.6 Å². The molecule has 0 aliphatic carbocycles. The lowest BCUT2D eigenvalue weighted by Gasteiger charge is -2.45. The molecule has 0 amide bonds. The zero-order valence-corrected chi connectivity index (χ0v) is 62.0. The lowest BCUT2D eigenvalue weighted by Crippen LogP contribution is -2.61. The first-order chi connectivity index (χ1) is 57.1. The SMILES string of the molecule is [2H]c1c([2H])c([2H])c2c(c1[2H])c1c([2H])c([2H])c([2H])c([2H])c1n2-c1ccc2c(c1)N(c1cc(-c3ccccc3)cc(-c3ccccc3)c1)c1cc(-c3cc(C(C)(C)C)cc(C(C)(C)C)c3)cc3c1B2c1ccc(-n2c4ccccc4c4cc(N(c5ccccc5)c5ccccc5)ccc42)cc1N3c1cc(-c2ccccc2)cc(-c2ccccc2)c1. The molecule has 16 aromatic carbocycles. The highest BCUT2D eigenvalue weighted by Gasteiger charge is 2.45.